The van der Waals surface area contributed by atoms with Crippen LogP contribution in [0.15, 0.2) is 30.9 Å². The van der Waals surface area contributed by atoms with Gasteiger partial charge in [-0.1, -0.05) is 19.3 Å². The number of nitrogens with one attached hydrogen (secondary N) is 1. The first-order valence-electron chi connectivity index (χ1n) is 7.51. The predicted octanol–water partition coefficient (Wildman–Crippen LogP) is 3.70. The molecule has 0 unspecified atom stereocenters. The Balaban J connectivity index is 1.69. The van der Waals surface area contributed by atoms with Crippen LogP contribution in [0.5, 0.6) is 0 Å². The monoisotopic (exact) mass is 270 g/mol. The third kappa shape index (κ3) is 2.84. The molecule has 0 aliphatic heterocycles. The van der Waals surface area contributed by atoms with Crippen LogP contribution < -0.4 is 5.32 Å². The fourth-order valence-electron chi connectivity index (χ4n) is 2.98. The van der Waals surface area contributed by atoms with Crippen LogP contribution in [0.3, 0.4) is 0 Å². The van der Waals surface area contributed by atoms with Crippen LogP contribution in [0.1, 0.15) is 49.3 Å². The zero-order chi connectivity index (χ0) is 13.8. The molecule has 0 atom stereocenters. The van der Waals surface area contributed by atoms with Gasteiger partial charge in [0.2, 0.25) is 5.95 Å². The van der Waals surface area contributed by atoms with Crippen molar-refractivity contribution in [3.8, 4) is 0 Å². The number of hydrogen-bond donors (Lipinski definition) is 1. The standard InChI is InChI=1S/C16H22N4/c1-13-11-17-8-7-14(13)12-19-16-18-9-10-20(16)15-5-3-2-4-6-15/h7-11,15H,2-6,12H2,1H3,(H,18,19). The first kappa shape index (κ1) is 13.2. The molecule has 0 spiro atoms. The van der Waals surface area contributed by atoms with Crippen LogP contribution in [0.25, 0.3) is 0 Å². The van der Waals surface area contributed by atoms with E-state index < -0.39 is 0 Å². The van der Waals surface area contributed by atoms with Gasteiger partial charge in [-0.2, -0.15) is 0 Å². The highest BCUT2D eigenvalue weighted by Gasteiger charge is 2.17. The molecule has 1 aliphatic rings. The van der Waals surface area contributed by atoms with E-state index in [2.05, 4.69) is 39.0 Å². The van der Waals surface area contributed by atoms with Gasteiger partial charge >= 0.3 is 0 Å². The third-order valence-corrected chi connectivity index (χ3v) is 4.21. The first-order valence-corrected chi connectivity index (χ1v) is 7.51. The number of rotatable bonds is 4. The summed E-state index contributed by atoms with van der Waals surface area (Å²) in [6, 6.07) is 2.68. The van der Waals surface area contributed by atoms with E-state index in [1.165, 1.54) is 43.2 Å². The van der Waals surface area contributed by atoms with E-state index >= 15 is 0 Å². The van der Waals surface area contributed by atoms with Crippen LogP contribution in [0, 0.1) is 6.92 Å². The maximum atomic E-state index is 4.47. The molecule has 3 rings (SSSR count). The van der Waals surface area contributed by atoms with Crippen molar-refractivity contribution in [1.29, 1.82) is 0 Å². The summed E-state index contributed by atoms with van der Waals surface area (Å²) in [6.45, 7) is 2.90. The van der Waals surface area contributed by atoms with Crippen molar-refractivity contribution in [2.24, 2.45) is 0 Å². The van der Waals surface area contributed by atoms with Crippen LogP contribution in [0.4, 0.5) is 5.95 Å². The van der Waals surface area contributed by atoms with Gasteiger partial charge in [0, 0.05) is 37.4 Å². The van der Waals surface area contributed by atoms with Gasteiger partial charge in [-0.3, -0.25) is 4.98 Å². The van der Waals surface area contributed by atoms with Crippen LogP contribution >= 0.6 is 0 Å². The Morgan fingerprint density at radius 1 is 1.25 bits per heavy atom. The smallest absolute Gasteiger partial charge is 0.203 e. The minimum absolute atomic E-state index is 0.618. The van der Waals surface area contributed by atoms with Gasteiger partial charge in [-0.15, -0.1) is 0 Å². The SMILES string of the molecule is Cc1cnccc1CNc1nccn1C1CCCCC1. The average Bonchev–Trinajstić information content (AvgIpc) is 2.96. The zero-order valence-electron chi connectivity index (χ0n) is 12.0. The topological polar surface area (TPSA) is 42.7 Å². The largest absolute Gasteiger partial charge is 0.352 e. The molecule has 4 heteroatoms. The highest BCUT2D eigenvalue weighted by molar-refractivity contribution is 5.31. The minimum Gasteiger partial charge on any atom is -0.352 e. The lowest BCUT2D eigenvalue weighted by atomic mass is 9.95. The third-order valence-electron chi connectivity index (χ3n) is 4.21. The van der Waals surface area contributed by atoms with E-state index in [0.29, 0.717) is 6.04 Å². The summed E-state index contributed by atoms with van der Waals surface area (Å²) in [7, 11) is 0. The highest BCUT2D eigenvalue weighted by atomic mass is 15.2. The molecule has 0 amide bonds. The number of hydrogen-bond acceptors (Lipinski definition) is 3. The van der Waals surface area contributed by atoms with E-state index in [4.69, 9.17) is 0 Å². The Bertz CT molecular complexity index is 555. The number of aromatic nitrogens is 3. The highest BCUT2D eigenvalue weighted by Crippen LogP contribution is 2.30. The molecule has 4 nitrogen and oxygen atoms in total. The number of imidazole rings is 1. The summed E-state index contributed by atoms with van der Waals surface area (Å²) in [6.07, 6.45) is 14.4. The fraction of sp³-hybridized carbons (Fsp3) is 0.500. The van der Waals surface area contributed by atoms with E-state index in [9.17, 15) is 0 Å². The molecule has 2 heterocycles. The quantitative estimate of drug-likeness (QED) is 0.921. The van der Waals surface area contributed by atoms with Gasteiger partial charge in [0.15, 0.2) is 0 Å². The molecule has 106 valence electrons. The Hall–Kier alpha value is -1.84. The zero-order valence-corrected chi connectivity index (χ0v) is 12.0. The number of nitrogens with zero attached hydrogens (tertiary/aromatic N) is 3. The van der Waals surface area contributed by atoms with Gasteiger partial charge in [-0.25, -0.2) is 4.98 Å². The molecule has 1 fully saturated rings. The number of pyridine rings is 1. The van der Waals surface area contributed by atoms with E-state index in [1.807, 2.05) is 18.6 Å². The lowest BCUT2D eigenvalue weighted by Crippen LogP contribution is -2.15. The average molecular weight is 270 g/mol. The minimum atomic E-state index is 0.618. The lowest BCUT2D eigenvalue weighted by Gasteiger charge is -2.24. The first-order chi connectivity index (χ1) is 9.84. The second kappa shape index (κ2) is 6.07. The Morgan fingerprint density at radius 3 is 2.90 bits per heavy atom. The van der Waals surface area contributed by atoms with Crippen LogP contribution in [0.2, 0.25) is 0 Å². The van der Waals surface area contributed by atoms with E-state index in [0.717, 1.165) is 12.5 Å². The molecule has 1 N–H and O–H groups in total. The van der Waals surface area contributed by atoms with Crippen molar-refractivity contribution in [3.63, 3.8) is 0 Å². The van der Waals surface area contributed by atoms with Crippen molar-refractivity contribution < 1.29 is 0 Å². The second-order valence-corrected chi connectivity index (χ2v) is 5.61. The maximum absolute atomic E-state index is 4.47. The predicted molar refractivity (Wildman–Crippen MR) is 80.6 cm³/mol. The number of aryl methyl sites for hydroxylation is 1. The molecule has 1 saturated carbocycles. The van der Waals surface area contributed by atoms with Gasteiger partial charge in [0.05, 0.1) is 0 Å². The summed E-state index contributed by atoms with van der Waals surface area (Å²) < 4.78 is 2.32. The summed E-state index contributed by atoms with van der Waals surface area (Å²) in [5, 5.41) is 3.47. The molecule has 0 radical (unpaired) electrons. The Kier molecular flexibility index (Phi) is 4.00. The van der Waals surface area contributed by atoms with Gasteiger partial charge in [-0.05, 0) is 37.0 Å². The van der Waals surface area contributed by atoms with Gasteiger partial charge < -0.3 is 9.88 Å². The molecular weight excluding hydrogens is 248 g/mol. The fourth-order valence-corrected chi connectivity index (χ4v) is 2.98. The Morgan fingerprint density at radius 2 is 2.10 bits per heavy atom. The summed E-state index contributed by atoms with van der Waals surface area (Å²) in [5.74, 6) is 0.994. The van der Waals surface area contributed by atoms with Crippen molar-refractivity contribution in [1.82, 2.24) is 14.5 Å². The molecule has 20 heavy (non-hydrogen) atoms. The van der Waals surface area contributed by atoms with E-state index in [-0.39, 0.29) is 0 Å². The molecule has 0 bridgehead atoms. The summed E-state index contributed by atoms with van der Waals surface area (Å²) >= 11 is 0. The molecule has 2 aromatic rings. The second-order valence-electron chi connectivity index (χ2n) is 5.61. The van der Waals surface area contributed by atoms with Gasteiger partial charge in [0.1, 0.15) is 0 Å². The van der Waals surface area contributed by atoms with Crippen LogP contribution in [-0.2, 0) is 6.54 Å². The molecule has 2 aromatic heterocycles. The summed E-state index contributed by atoms with van der Waals surface area (Å²) in [5.41, 5.74) is 2.49. The molecule has 0 aromatic carbocycles. The normalized spacial score (nSPS) is 16.2. The van der Waals surface area contributed by atoms with Crippen molar-refractivity contribution in [2.45, 2.75) is 51.6 Å². The van der Waals surface area contributed by atoms with Crippen molar-refractivity contribution in [2.75, 3.05) is 5.32 Å². The Labute approximate surface area is 120 Å². The summed E-state index contributed by atoms with van der Waals surface area (Å²) in [4.78, 5) is 8.60. The molecular formula is C16H22N4. The lowest BCUT2D eigenvalue weighted by molar-refractivity contribution is 0.356. The molecule has 1 aliphatic carbocycles. The van der Waals surface area contributed by atoms with E-state index in [1.54, 1.807) is 0 Å². The maximum Gasteiger partial charge on any atom is 0.203 e. The van der Waals surface area contributed by atoms with Crippen molar-refractivity contribution >= 4 is 5.95 Å². The van der Waals surface area contributed by atoms with Gasteiger partial charge in [0.25, 0.3) is 0 Å². The molecule has 0 saturated heterocycles. The van der Waals surface area contributed by atoms with Crippen LogP contribution in [-0.4, -0.2) is 14.5 Å². The number of anilines is 1. The van der Waals surface area contributed by atoms with Crippen molar-refractivity contribution in [3.05, 3.63) is 42.0 Å².